The van der Waals surface area contributed by atoms with Gasteiger partial charge in [-0.2, -0.15) is 0 Å². The Morgan fingerprint density at radius 3 is 2.77 bits per heavy atom. The van der Waals surface area contributed by atoms with E-state index in [4.69, 9.17) is 4.74 Å². The molecule has 1 heterocycles. The maximum absolute atomic E-state index is 11.2. The second kappa shape index (κ2) is 3.96. The highest BCUT2D eigenvalue weighted by Crippen LogP contribution is 2.24. The fraction of sp³-hybridized carbons (Fsp3) is 0.889. The Balaban J connectivity index is 2.45. The molecule has 4 nitrogen and oxygen atoms in total. The molecule has 4 heteroatoms. The number of carbonyl (C=O) groups is 1. The highest BCUT2D eigenvalue weighted by Gasteiger charge is 2.37. The molecule has 0 aromatic heterocycles. The number of aliphatic hydroxyl groups is 1. The lowest BCUT2D eigenvalue weighted by Gasteiger charge is -2.20. The Bertz CT molecular complexity index is 195. The first-order valence-electron chi connectivity index (χ1n) is 4.75. The fourth-order valence-corrected chi connectivity index (χ4v) is 1.52. The van der Waals surface area contributed by atoms with E-state index >= 15 is 0 Å². The molecule has 1 aliphatic rings. The van der Waals surface area contributed by atoms with Crippen LogP contribution in [0.2, 0.25) is 0 Å². The first kappa shape index (κ1) is 10.3. The van der Waals surface area contributed by atoms with Crippen LogP contribution in [0.3, 0.4) is 0 Å². The van der Waals surface area contributed by atoms with Gasteiger partial charge in [0.2, 0.25) is 0 Å². The highest BCUT2D eigenvalue weighted by atomic mass is 16.6. The van der Waals surface area contributed by atoms with Crippen molar-refractivity contribution >= 4 is 6.09 Å². The Labute approximate surface area is 78.5 Å². The second-order valence-corrected chi connectivity index (χ2v) is 3.45. The molecule has 1 aliphatic heterocycles. The van der Waals surface area contributed by atoms with Crippen LogP contribution in [-0.2, 0) is 4.74 Å². The van der Waals surface area contributed by atoms with E-state index in [0.717, 1.165) is 0 Å². The summed E-state index contributed by atoms with van der Waals surface area (Å²) in [5, 5.41) is 9.84. The summed E-state index contributed by atoms with van der Waals surface area (Å²) in [6.45, 7) is 5.10. The van der Waals surface area contributed by atoms with Gasteiger partial charge in [-0.25, -0.2) is 4.79 Å². The molecule has 1 atom stereocenters. The minimum absolute atomic E-state index is 0.313. The van der Waals surface area contributed by atoms with E-state index in [0.29, 0.717) is 32.5 Å². The van der Waals surface area contributed by atoms with Gasteiger partial charge in [0.1, 0.15) is 0 Å². The van der Waals surface area contributed by atoms with Crippen LogP contribution in [0.4, 0.5) is 4.79 Å². The van der Waals surface area contributed by atoms with Crippen molar-refractivity contribution < 1.29 is 14.6 Å². The fourth-order valence-electron chi connectivity index (χ4n) is 1.52. The topological polar surface area (TPSA) is 49.8 Å². The first-order chi connectivity index (χ1) is 6.11. The zero-order chi connectivity index (χ0) is 9.90. The molecule has 1 amide bonds. The van der Waals surface area contributed by atoms with Crippen molar-refractivity contribution in [2.24, 2.45) is 0 Å². The Hall–Kier alpha value is -0.770. The second-order valence-electron chi connectivity index (χ2n) is 3.45. The zero-order valence-electron chi connectivity index (χ0n) is 8.25. The third-order valence-electron chi connectivity index (χ3n) is 2.52. The molecule has 0 spiro atoms. The van der Waals surface area contributed by atoms with Gasteiger partial charge < -0.3 is 14.7 Å². The number of β-amino-alcohol motifs (C(OH)–C–C–N with tert-alkyl or cyclic N) is 1. The molecular weight excluding hydrogens is 170 g/mol. The standard InChI is InChI=1S/C9H17NO3/c1-3-9(12)5-6-10(7-9)8(11)13-4-2/h12H,3-7H2,1-2H3. The summed E-state index contributed by atoms with van der Waals surface area (Å²) in [6.07, 6.45) is 1.03. The third-order valence-corrected chi connectivity index (χ3v) is 2.52. The number of hydrogen-bond donors (Lipinski definition) is 1. The minimum atomic E-state index is -0.688. The summed E-state index contributed by atoms with van der Waals surface area (Å²) >= 11 is 0. The number of nitrogens with zero attached hydrogens (tertiary/aromatic N) is 1. The van der Waals surface area contributed by atoms with Gasteiger partial charge in [0, 0.05) is 6.54 Å². The normalized spacial score (nSPS) is 27.8. The Kier molecular flexibility index (Phi) is 3.14. The van der Waals surface area contributed by atoms with Crippen LogP contribution in [0.1, 0.15) is 26.7 Å². The van der Waals surface area contributed by atoms with Crippen molar-refractivity contribution in [3.05, 3.63) is 0 Å². The van der Waals surface area contributed by atoms with Gasteiger partial charge in [-0.3, -0.25) is 0 Å². The number of ether oxygens (including phenoxy) is 1. The molecule has 1 unspecified atom stereocenters. The van der Waals surface area contributed by atoms with E-state index in [1.54, 1.807) is 11.8 Å². The lowest BCUT2D eigenvalue weighted by Crippen LogP contribution is -2.35. The van der Waals surface area contributed by atoms with Crippen molar-refractivity contribution in [2.45, 2.75) is 32.3 Å². The van der Waals surface area contributed by atoms with Gasteiger partial charge >= 0.3 is 6.09 Å². The first-order valence-corrected chi connectivity index (χ1v) is 4.75. The van der Waals surface area contributed by atoms with Crippen LogP contribution < -0.4 is 0 Å². The molecule has 13 heavy (non-hydrogen) atoms. The molecule has 1 rings (SSSR count). The number of likely N-dealkylation sites (tertiary alicyclic amines) is 1. The summed E-state index contributed by atoms with van der Waals surface area (Å²) in [5.41, 5.74) is -0.688. The van der Waals surface area contributed by atoms with Crippen LogP contribution in [-0.4, -0.2) is 41.4 Å². The molecule has 0 radical (unpaired) electrons. The molecule has 0 aliphatic carbocycles. The SMILES string of the molecule is CCOC(=O)N1CCC(O)(CC)C1. The van der Waals surface area contributed by atoms with Gasteiger partial charge in [-0.1, -0.05) is 6.92 Å². The predicted molar refractivity (Wildman–Crippen MR) is 48.5 cm³/mol. The van der Waals surface area contributed by atoms with Gasteiger partial charge in [0.05, 0.1) is 18.8 Å². The number of carbonyl (C=O) groups excluding carboxylic acids is 1. The molecular formula is C9H17NO3. The molecule has 0 bridgehead atoms. The smallest absolute Gasteiger partial charge is 0.409 e. The summed E-state index contributed by atoms with van der Waals surface area (Å²) in [5.74, 6) is 0. The van der Waals surface area contributed by atoms with Crippen molar-refractivity contribution in [3.8, 4) is 0 Å². The van der Waals surface area contributed by atoms with Gasteiger partial charge in [-0.15, -0.1) is 0 Å². The third kappa shape index (κ3) is 2.34. The van der Waals surface area contributed by atoms with E-state index in [-0.39, 0.29) is 6.09 Å². The van der Waals surface area contributed by atoms with Crippen LogP contribution in [0, 0.1) is 0 Å². The Morgan fingerprint density at radius 2 is 2.31 bits per heavy atom. The lowest BCUT2D eigenvalue weighted by atomic mass is 10.0. The van der Waals surface area contributed by atoms with Crippen LogP contribution >= 0.6 is 0 Å². The highest BCUT2D eigenvalue weighted by molar-refractivity contribution is 5.68. The quantitative estimate of drug-likeness (QED) is 0.701. The molecule has 1 fully saturated rings. The molecule has 0 aromatic carbocycles. The monoisotopic (exact) mass is 187 g/mol. The Morgan fingerprint density at radius 1 is 1.62 bits per heavy atom. The lowest BCUT2D eigenvalue weighted by molar-refractivity contribution is 0.0418. The minimum Gasteiger partial charge on any atom is -0.450 e. The predicted octanol–water partition coefficient (Wildman–Crippen LogP) is 0.990. The van der Waals surface area contributed by atoms with E-state index in [9.17, 15) is 9.90 Å². The van der Waals surface area contributed by atoms with E-state index in [1.165, 1.54) is 0 Å². The molecule has 1 N–H and O–H groups in total. The molecule has 0 aromatic rings. The zero-order valence-corrected chi connectivity index (χ0v) is 8.25. The molecule has 1 saturated heterocycles. The van der Waals surface area contributed by atoms with E-state index < -0.39 is 5.60 Å². The summed E-state index contributed by atoms with van der Waals surface area (Å²) < 4.78 is 4.84. The average molecular weight is 187 g/mol. The summed E-state index contributed by atoms with van der Waals surface area (Å²) in [7, 11) is 0. The van der Waals surface area contributed by atoms with E-state index in [1.807, 2.05) is 6.92 Å². The van der Waals surface area contributed by atoms with Crippen molar-refractivity contribution in [3.63, 3.8) is 0 Å². The molecule has 76 valence electrons. The average Bonchev–Trinajstić information content (AvgIpc) is 2.50. The largest absolute Gasteiger partial charge is 0.450 e. The number of amides is 1. The maximum Gasteiger partial charge on any atom is 0.409 e. The molecule has 0 saturated carbocycles. The number of rotatable bonds is 2. The van der Waals surface area contributed by atoms with Gasteiger partial charge in [0.15, 0.2) is 0 Å². The van der Waals surface area contributed by atoms with Crippen LogP contribution in [0.25, 0.3) is 0 Å². The van der Waals surface area contributed by atoms with Crippen molar-refractivity contribution in [1.82, 2.24) is 4.90 Å². The van der Waals surface area contributed by atoms with Crippen LogP contribution in [0.15, 0.2) is 0 Å². The van der Waals surface area contributed by atoms with Crippen molar-refractivity contribution in [2.75, 3.05) is 19.7 Å². The maximum atomic E-state index is 11.2. The summed E-state index contributed by atoms with van der Waals surface area (Å²) in [4.78, 5) is 12.8. The van der Waals surface area contributed by atoms with Gasteiger partial charge in [0.25, 0.3) is 0 Å². The summed E-state index contributed by atoms with van der Waals surface area (Å²) in [6, 6.07) is 0. The van der Waals surface area contributed by atoms with Gasteiger partial charge in [-0.05, 0) is 19.8 Å². The van der Waals surface area contributed by atoms with E-state index in [2.05, 4.69) is 0 Å². The van der Waals surface area contributed by atoms with Crippen LogP contribution in [0.5, 0.6) is 0 Å². The van der Waals surface area contributed by atoms with Crippen molar-refractivity contribution in [1.29, 1.82) is 0 Å². The number of hydrogen-bond acceptors (Lipinski definition) is 3.